The second-order valence-corrected chi connectivity index (χ2v) is 8.36. The predicted molar refractivity (Wildman–Crippen MR) is 123 cm³/mol. The van der Waals surface area contributed by atoms with Crippen molar-refractivity contribution < 1.29 is 18.7 Å². The van der Waals surface area contributed by atoms with E-state index >= 15 is 0 Å². The Balaban J connectivity index is 1.35. The number of nitrogens with one attached hydrogen (secondary N) is 1. The van der Waals surface area contributed by atoms with E-state index in [4.69, 9.17) is 13.9 Å². The highest BCUT2D eigenvalue weighted by Gasteiger charge is 2.21. The molecular weight excluding hydrogens is 442 g/mol. The van der Waals surface area contributed by atoms with Gasteiger partial charge in [0.1, 0.15) is 5.69 Å². The number of pyridine rings is 1. The average molecular weight is 459 g/mol. The Kier molecular flexibility index (Phi) is 4.40. The maximum absolute atomic E-state index is 13.3. The number of hydrogen-bond donors (Lipinski definition) is 1. The molecule has 164 valence electrons. The lowest BCUT2D eigenvalue weighted by Crippen LogP contribution is -2.13. The molecule has 10 heteroatoms. The summed E-state index contributed by atoms with van der Waals surface area (Å²) in [5.41, 5.74) is 3.95. The largest absolute Gasteiger partial charge is 0.463 e. The lowest BCUT2D eigenvalue weighted by molar-refractivity contribution is 0.102. The maximum atomic E-state index is 13.3. The highest BCUT2D eigenvalue weighted by Crippen LogP contribution is 2.37. The van der Waals surface area contributed by atoms with Crippen molar-refractivity contribution in [3.63, 3.8) is 0 Å². The van der Waals surface area contributed by atoms with Crippen molar-refractivity contribution in [2.24, 2.45) is 7.05 Å². The molecule has 1 amide bonds. The van der Waals surface area contributed by atoms with Crippen molar-refractivity contribution >= 4 is 33.4 Å². The molecule has 0 fully saturated rings. The zero-order chi connectivity index (χ0) is 22.5. The molecule has 1 aromatic carbocycles. The average Bonchev–Trinajstić information content (AvgIpc) is 3.61. The van der Waals surface area contributed by atoms with Crippen LogP contribution in [0.3, 0.4) is 0 Å². The fraction of sp³-hybridized carbons (Fsp3) is 0.130. The Morgan fingerprint density at radius 1 is 1.12 bits per heavy atom. The minimum atomic E-state index is -0.294. The predicted octanol–water partition coefficient (Wildman–Crippen LogP) is 4.64. The van der Waals surface area contributed by atoms with Crippen LogP contribution in [0.4, 0.5) is 5.13 Å². The van der Waals surface area contributed by atoms with Gasteiger partial charge in [-0.2, -0.15) is 5.10 Å². The first-order chi connectivity index (χ1) is 16.1. The van der Waals surface area contributed by atoms with Crippen LogP contribution in [0.1, 0.15) is 16.1 Å². The fourth-order valence-electron chi connectivity index (χ4n) is 3.86. The number of aromatic nitrogens is 4. The van der Waals surface area contributed by atoms with E-state index in [0.29, 0.717) is 44.7 Å². The normalized spacial score (nSPS) is 12.4. The summed E-state index contributed by atoms with van der Waals surface area (Å²) in [4.78, 5) is 22.6. The third-order valence-electron chi connectivity index (χ3n) is 5.38. The summed E-state index contributed by atoms with van der Waals surface area (Å²) in [6, 6.07) is 10.9. The number of hydrogen-bond acceptors (Lipinski definition) is 8. The molecule has 0 radical (unpaired) electrons. The third kappa shape index (κ3) is 3.31. The number of fused-ring (bicyclic) bond motifs is 2. The molecular formula is C23H17N5O4S. The molecule has 1 N–H and O–H groups in total. The summed E-state index contributed by atoms with van der Waals surface area (Å²) in [6.45, 7) is 2.07. The summed E-state index contributed by atoms with van der Waals surface area (Å²) in [6.07, 6.45) is 1.57. The van der Waals surface area contributed by atoms with Crippen molar-refractivity contribution in [3.05, 3.63) is 59.3 Å². The van der Waals surface area contributed by atoms with Crippen LogP contribution in [0.15, 0.2) is 52.5 Å². The van der Waals surface area contributed by atoms with Crippen molar-refractivity contribution in [2.75, 3.05) is 12.1 Å². The number of nitrogens with zero attached hydrogens (tertiary/aromatic N) is 4. The molecule has 0 unspecified atom stereocenters. The Hall–Kier alpha value is -4.18. The zero-order valence-electron chi connectivity index (χ0n) is 17.7. The fourth-order valence-corrected chi connectivity index (χ4v) is 4.57. The van der Waals surface area contributed by atoms with E-state index in [9.17, 15) is 4.79 Å². The van der Waals surface area contributed by atoms with Crippen LogP contribution in [0.2, 0.25) is 0 Å². The Morgan fingerprint density at radius 3 is 2.85 bits per heavy atom. The molecule has 33 heavy (non-hydrogen) atoms. The number of benzene rings is 1. The van der Waals surface area contributed by atoms with Crippen LogP contribution in [0.25, 0.3) is 33.7 Å². The quantitative estimate of drug-likeness (QED) is 0.417. The van der Waals surface area contributed by atoms with E-state index in [1.54, 1.807) is 36.2 Å². The number of anilines is 1. The number of amides is 1. The minimum absolute atomic E-state index is 0.214. The summed E-state index contributed by atoms with van der Waals surface area (Å²) >= 11 is 1.35. The summed E-state index contributed by atoms with van der Waals surface area (Å²) in [5, 5.41) is 10.4. The summed E-state index contributed by atoms with van der Waals surface area (Å²) < 4.78 is 18.0. The number of aryl methyl sites for hydroxylation is 2. The number of furan rings is 1. The van der Waals surface area contributed by atoms with Crippen molar-refractivity contribution in [1.82, 2.24) is 19.7 Å². The third-order valence-corrected chi connectivity index (χ3v) is 6.14. The molecule has 5 heterocycles. The van der Waals surface area contributed by atoms with Gasteiger partial charge in [0.05, 0.1) is 28.6 Å². The van der Waals surface area contributed by atoms with E-state index in [0.717, 1.165) is 17.0 Å². The second-order valence-electron chi connectivity index (χ2n) is 7.50. The molecule has 0 saturated heterocycles. The number of thiazole rings is 1. The Bertz CT molecular complexity index is 1520. The van der Waals surface area contributed by atoms with E-state index in [-0.39, 0.29) is 12.7 Å². The van der Waals surface area contributed by atoms with Gasteiger partial charge in [0.15, 0.2) is 28.0 Å². The molecule has 0 atom stereocenters. The second kappa shape index (κ2) is 7.45. The van der Waals surface area contributed by atoms with Gasteiger partial charge < -0.3 is 13.9 Å². The lowest BCUT2D eigenvalue weighted by atomic mass is 10.1. The molecule has 9 nitrogen and oxygen atoms in total. The van der Waals surface area contributed by atoms with E-state index in [1.807, 2.05) is 30.5 Å². The van der Waals surface area contributed by atoms with Crippen LogP contribution in [0, 0.1) is 6.92 Å². The molecule has 0 saturated carbocycles. The van der Waals surface area contributed by atoms with Gasteiger partial charge in [0.25, 0.3) is 5.91 Å². The van der Waals surface area contributed by atoms with Crippen LogP contribution < -0.4 is 14.8 Å². The van der Waals surface area contributed by atoms with Crippen LogP contribution >= 0.6 is 11.3 Å². The van der Waals surface area contributed by atoms with Gasteiger partial charge in [0.2, 0.25) is 6.79 Å². The highest BCUT2D eigenvalue weighted by atomic mass is 32.1. The lowest BCUT2D eigenvalue weighted by Gasteiger charge is -2.07. The number of carbonyl (C=O) groups is 1. The van der Waals surface area contributed by atoms with Gasteiger partial charge in [-0.25, -0.2) is 9.97 Å². The van der Waals surface area contributed by atoms with Gasteiger partial charge in [-0.1, -0.05) is 0 Å². The molecule has 0 aliphatic carbocycles. The van der Waals surface area contributed by atoms with Gasteiger partial charge in [0, 0.05) is 18.0 Å². The van der Waals surface area contributed by atoms with Gasteiger partial charge in [-0.05, 0) is 43.3 Å². The van der Waals surface area contributed by atoms with Crippen LogP contribution in [-0.2, 0) is 7.05 Å². The van der Waals surface area contributed by atoms with Crippen molar-refractivity contribution in [2.45, 2.75) is 6.92 Å². The monoisotopic (exact) mass is 459 g/mol. The van der Waals surface area contributed by atoms with E-state index < -0.39 is 0 Å². The smallest absolute Gasteiger partial charge is 0.258 e. The van der Waals surface area contributed by atoms with Crippen molar-refractivity contribution in [1.29, 1.82) is 0 Å². The van der Waals surface area contributed by atoms with Crippen LogP contribution in [0.5, 0.6) is 11.5 Å². The molecule has 6 rings (SSSR count). The summed E-state index contributed by atoms with van der Waals surface area (Å²) in [7, 11) is 1.80. The standard InChI is InChI=1S/C23H17N5O4S/c1-12-20-14(9-15(17-4-3-7-30-17)24-21(20)28(2)27-12)22(29)26-23-25-16(10-33-23)13-5-6-18-19(8-13)32-11-31-18/h3-10H,11H2,1-2H3,(H,25,26,29). The Labute approximate surface area is 191 Å². The molecule has 1 aliphatic rings. The SMILES string of the molecule is Cc1nn(C)c2nc(-c3ccco3)cc(C(=O)Nc3nc(-c4ccc5c(c4)OCO5)cs3)c12. The number of rotatable bonds is 4. The van der Waals surface area contributed by atoms with Crippen molar-refractivity contribution in [3.8, 4) is 34.2 Å². The molecule has 0 bridgehead atoms. The highest BCUT2D eigenvalue weighted by molar-refractivity contribution is 7.14. The molecule has 4 aromatic heterocycles. The van der Waals surface area contributed by atoms with Crippen LogP contribution in [-0.4, -0.2) is 32.4 Å². The van der Waals surface area contributed by atoms with E-state index in [2.05, 4.69) is 20.4 Å². The maximum Gasteiger partial charge on any atom is 0.258 e. The topological polar surface area (TPSA) is 104 Å². The zero-order valence-corrected chi connectivity index (χ0v) is 18.5. The number of carbonyl (C=O) groups excluding carboxylic acids is 1. The van der Waals surface area contributed by atoms with Gasteiger partial charge >= 0.3 is 0 Å². The first-order valence-electron chi connectivity index (χ1n) is 10.1. The first-order valence-corrected chi connectivity index (χ1v) is 11.0. The van der Waals surface area contributed by atoms with Gasteiger partial charge in [-0.15, -0.1) is 11.3 Å². The minimum Gasteiger partial charge on any atom is -0.463 e. The molecule has 1 aliphatic heterocycles. The Morgan fingerprint density at radius 2 is 2.00 bits per heavy atom. The first kappa shape index (κ1) is 19.5. The number of ether oxygens (including phenoxy) is 2. The molecule has 0 spiro atoms. The summed E-state index contributed by atoms with van der Waals surface area (Å²) in [5.74, 6) is 1.67. The molecule has 5 aromatic rings. The van der Waals surface area contributed by atoms with E-state index in [1.165, 1.54) is 11.3 Å². The van der Waals surface area contributed by atoms with Gasteiger partial charge in [-0.3, -0.25) is 14.8 Å².